The summed E-state index contributed by atoms with van der Waals surface area (Å²) in [5, 5.41) is 9.23. The van der Waals surface area contributed by atoms with Crippen molar-refractivity contribution in [2.45, 2.75) is 26.2 Å². The lowest BCUT2D eigenvalue weighted by molar-refractivity contribution is -0.134. The van der Waals surface area contributed by atoms with Gasteiger partial charge in [-0.2, -0.15) is 5.26 Å². The fraction of sp³-hybridized carbons (Fsp3) is 0.867. The zero-order valence-corrected chi connectivity index (χ0v) is 12.8. The van der Waals surface area contributed by atoms with E-state index in [0.717, 1.165) is 52.0 Å². The normalized spacial score (nSPS) is 29.8. The van der Waals surface area contributed by atoms with E-state index in [-0.39, 0.29) is 11.3 Å². The number of nitrogens with zero attached hydrogens (tertiary/aromatic N) is 4. The summed E-state index contributed by atoms with van der Waals surface area (Å²) in [7, 11) is 2.13. The molecule has 0 aromatic heterocycles. The topological polar surface area (TPSA) is 50.6 Å². The van der Waals surface area contributed by atoms with Gasteiger partial charge in [0.25, 0.3) is 0 Å². The van der Waals surface area contributed by atoms with Crippen LogP contribution in [0.5, 0.6) is 0 Å². The highest BCUT2D eigenvalue weighted by Gasteiger charge is 2.33. The van der Waals surface area contributed by atoms with E-state index in [1.165, 1.54) is 0 Å². The molecule has 0 saturated carbocycles. The third-order valence-electron chi connectivity index (χ3n) is 4.49. The van der Waals surface area contributed by atoms with Crippen LogP contribution >= 0.6 is 0 Å². The Balaban J connectivity index is 1.86. The minimum absolute atomic E-state index is 0.190. The maximum atomic E-state index is 12.4. The molecule has 2 heterocycles. The largest absolute Gasteiger partial charge is 0.340 e. The van der Waals surface area contributed by atoms with Crippen molar-refractivity contribution in [1.29, 1.82) is 5.26 Å². The Labute approximate surface area is 122 Å². The number of carbonyl (C=O) groups excluding carboxylic acids is 1. The van der Waals surface area contributed by atoms with E-state index >= 15 is 0 Å². The molecule has 0 unspecified atom stereocenters. The second-order valence-electron chi connectivity index (χ2n) is 6.52. The second kappa shape index (κ2) is 6.55. The molecule has 2 saturated heterocycles. The highest BCUT2D eigenvalue weighted by atomic mass is 16.2. The maximum absolute atomic E-state index is 12.4. The molecule has 2 aliphatic rings. The van der Waals surface area contributed by atoms with Crippen molar-refractivity contribution < 1.29 is 4.79 Å². The average molecular weight is 278 g/mol. The third-order valence-corrected chi connectivity index (χ3v) is 4.49. The average Bonchev–Trinajstić information content (AvgIpc) is 2.64. The SMILES string of the molecule is CN1CCCN(CC(=O)N2CCC[C@](C)(C#N)C2)CC1. The fourth-order valence-corrected chi connectivity index (χ4v) is 3.09. The number of likely N-dealkylation sites (tertiary alicyclic amines) is 1. The Morgan fingerprint density at radius 2 is 2.00 bits per heavy atom. The monoisotopic (exact) mass is 278 g/mol. The lowest BCUT2D eigenvalue weighted by Gasteiger charge is -2.37. The molecule has 2 rings (SSSR count). The van der Waals surface area contributed by atoms with Gasteiger partial charge in [0.05, 0.1) is 18.0 Å². The van der Waals surface area contributed by atoms with Crippen LogP contribution in [-0.4, -0.2) is 73.5 Å². The molecule has 0 aromatic carbocycles. The summed E-state index contributed by atoms with van der Waals surface area (Å²) in [6, 6.07) is 2.37. The molecule has 1 atom stereocenters. The molecule has 0 spiro atoms. The van der Waals surface area contributed by atoms with Gasteiger partial charge in [-0.3, -0.25) is 9.69 Å². The first kappa shape index (κ1) is 15.3. The van der Waals surface area contributed by atoms with Crippen LogP contribution in [0.3, 0.4) is 0 Å². The van der Waals surface area contributed by atoms with Gasteiger partial charge in [0.1, 0.15) is 0 Å². The van der Waals surface area contributed by atoms with E-state index < -0.39 is 0 Å². The van der Waals surface area contributed by atoms with Crippen LogP contribution < -0.4 is 0 Å². The molecule has 112 valence electrons. The van der Waals surface area contributed by atoms with Crippen LogP contribution in [-0.2, 0) is 4.79 Å². The molecule has 0 N–H and O–H groups in total. The van der Waals surface area contributed by atoms with Crippen molar-refractivity contribution in [3.05, 3.63) is 0 Å². The number of nitriles is 1. The first-order valence-corrected chi connectivity index (χ1v) is 7.62. The molecule has 0 bridgehead atoms. The zero-order chi connectivity index (χ0) is 14.6. The van der Waals surface area contributed by atoms with Crippen molar-refractivity contribution in [3.63, 3.8) is 0 Å². The lowest BCUT2D eigenvalue weighted by Crippen LogP contribution is -2.48. The van der Waals surface area contributed by atoms with Gasteiger partial charge in [-0.25, -0.2) is 0 Å². The summed E-state index contributed by atoms with van der Waals surface area (Å²) in [6.07, 6.45) is 2.97. The van der Waals surface area contributed by atoms with Gasteiger partial charge >= 0.3 is 0 Å². The number of piperidine rings is 1. The Morgan fingerprint density at radius 3 is 2.75 bits per heavy atom. The van der Waals surface area contributed by atoms with E-state index in [0.29, 0.717) is 13.1 Å². The molecule has 5 heteroatoms. The summed E-state index contributed by atoms with van der Waals surface area (Å²) >= 11 is 0. The van der Waals surface area contributed by atoms with Crippen LogP contribution in [0.15, 0.2) is 0 Å². The van der Waals surface area contributed by atoms with Gasteiger partial charge in [-0.15, -0.1) is 0 Å². The van der Waals surface area contributed by atoms with Gasteiger partial charge < -0.3 is 9.80 Å². The summed E-state index contributed by atoms with van der Waals surface area (Å²) in [5.41, 5.74) is -0.354. The Morgan fingerprint density at radius 1 is 1.20 bits per heavy atom. The van der Waals surface area contributed by atoms with Crippen LogP contribution in [0.1, 0.15) is 26.2 Å². The van der Waals surface area contributed by atoms with Gasteiger partial charge in [-0.05, 0) is 46.3 Å². The quantitative estimate of drug-likeness (QED) is 0.749. The first-order valence-electron chi connectivity index (χ1n) is 7.62. The van der Waals surface area contributed by atoms with Crippen molar-refractivity contribution in [2.24, 2.45) is 5.41 Å². The molecular weight excluding hydrogens is 252 g/mol. The predicted octanol–water partition coefficient (Wildman–Crippen LogP) is 0.776. The summed E-state index contributed by atoms with van der Waals surface area (Å²) in [5.74, 6) is 0.190. The van der Waals surface area contributed by atoms with Gasteiger partial charge in [-0.1, -0.05) is 0 Å². The molecule has 20 heavy (non-hydrogen) atoms. The minimum Gasteiger partial charge on any atom is -0.340 e. The molecule has 0 aromatic rings. The summed E-state index contributed by atoms with van der Waals surface area (Å²) < 4.78 is 0. The van der Waals surface area contributed by atoms with Crippen molar-refractivity contribution in [3.8, 4) is 6.07 Å². The smallest absolute Gasteiger partial charge is 0.236 e. The number of hydrogen-bond acceptors (Lipinski definition) is 4. The maximum Gasteiger partial charge on any atom is 0.236 e. The first-order chi connectivity index (χ1) is 9.52. The summed E-state index contributed by atoms with van der Waals surface area (Å²) in [4.78, 5) is 18.9. The molecular formula is C15H26N4O. The standard InChI is InChI=1S/C15H26N4O/c1-15(12-16)5-3-8-19(13-15)14(20)11-18-7-4-6-17(2)9-10-18/h3-11,13H2,1-2H3/t15-/m1/s1. The Kier molecular flexibility index (Phi) is 5.00. The minimum atomic E-state index is -0.354. The van der Waals surface area contributed by atoms with Gasteiger partial charge in [0.2, 0.25) is 5.91 Å². The van der Waals surface area contributed by atoms with Crippen LogP contribution in [0.4, 0.5) is 0 Å². The highest BCUT2D eigenvalue weighted by Crippen LogP contribution is 2.28. The Bertz CT molecular complexity index is 392. The van der Waals surface area contributed by atoms with Crippen molar-refractivity contribution >= 4 is 5.91 Å². The molecule has 1 amide bonds. The lowest BCUT2D eigenvalue weighted by atomic mass is 9.83. The van der Waals surface area contributed by atoms with Crippen molar-refractivity contribution in [1.82, 2.24) is 14.7 Å². The highest BCUT2D eigenvalue weighted by molar-refractivity contribution is 5.78. The van der Waals surface area contributed by atoms with E-state index in [4.69, 9.17) is 0 Å². The van der Waals surface area contributed by atoms with Crippen molar-refractivity contribution in [2.75, 3.05) is 52.9 Å². The number of carbonyl (C=O) groups is 1. The van der Waals surface area contributed by atoms with Gasteiger partial charge in [0.15, 0.2) is 0 Å². The predicted molar refractivity (Wildman–Crippen MR) is 78.1 cm³/mol. The zero-order valence-electron chi connectivity index (χ0n) is 12.8. The molecule has 5 nitrogen and oxygen atoms in total. The van der Waals surface area contributed by atoms with Crippen LogP contribution in [0, 0.1) is 16.7 Å². The van der Waals surface area contributed by atoms with Gasteiger partial charge in [0, 0.05) is 26.2 Å². The number of likely N-dealkylation sites (N-methyl/N-ethyl adjacent to an activating group) is 1. The van der Waals surface area contributed by atoms with E-state index in [1.807, 2.05) is 11.8 Å². The fourth-order valence-electron chi connectivity index (χ4n) is 3.09. The Hall–Kier alpha value is -1.12. The second-order valence-corrected chi connectivity index (χ2v) is 6.52. The summed E-state index contributed by atoms with van der Waals surface area (Å²) in [6.45, 7) is 7.98. The molecule has 2 aliphatic heterocycles. The molecule has 0 aliphatic carbocycles. The van der Waals surface area contributed by atoms with E-state index in [2.05, 4.69) is 22.9 Å². The number of rotatable bonds is 2. The molecule has 2 fully saturated rings. The molecule has 0 radical (unpaired) electrons. The number of amides is 1. The van der Waals surface area contributed by atoms with Crippen LogP contribution in [0.25, 0.3) is 0 Å². The number of hydrogen-bond donors (Lipinski definition) is 0. The van der Waals surface area contributed by atoms with Crippen LogP contribution in [0.2, 0.25) is 0 Å². The third kappa shape index (κ3) is 3.94. The van der Waals surface area contributed by atoms with E-state index in [1.54, 1.807) is 0 Å². The van der Waals surface area contributed by atoms with E-state index in [9.17, 15) is 10.1 Å².